The SMILES string of the molecule is CN(C)c1ncc(CNC(=O)c2cc(F)c(Cl)cc2Cl)n1C. The Labute approximate surface area is 137 Å². The highest BCUT2D eigenvalue weighted by molar-refractivity contribution is 6.36. The van der Waals surface area contributed by atoms with Gasteiger partial charge in [0.05, 0.1) is 34.0 Å². The van der Waals surface area contributed by atoms with Crippen molar-refractivity contribution < 1.29 is 9.18 Å². The molecular formula is C14H15Cl2FN4O. The van der Waals surface area contributed by atoms with Gasteiger partial charge in [-0.25, -0.2) is 9.37 Å². The summed E-state index contributed by atoms with van der Waals surface area (Å²) in [5.74, 6) is -0.403. The zero-order valence-corrected chi connectivity index (χ0v) is 13.8. The summed E-state index contributed by atoms with van der Waals surface area (Å²) in [5, 5.41) is 2.66. The van der Waals surface area contributed by atoms with E-state index in [-0.39, 0.29) is 22.2 Å². The third-order valence-corrected chi connectivity index (χ3v) is 3.75. The zero-order chi connectivity index (χ0) is 16.4. The van der Waals surface area contributed by atoms with Crippen molar-refractivity contribution >= 4 is 35.1 Å². The van der Waals surface area contributed by atoms with Crippen LogP contribution in [0.25, 0.3) is 0 Å². The van der Waals surface area contributed by atoms with Gasteiger partial charge in [0.15, 0.2) is 0 Å². The Morgan fingerprint density at radius 3 is 2.64 bits per heavy atom. The van der Waals surface area contributed by atoms with Crippen molar-refractivity contribution in [3.63, 3.8) is 0 Å². The first-order chi connectivity index (χ1) is 10.3. The Bertz CT molecular complexity index is 715. The predicted molar refractivity (Wildman–Crippen MR) is 85.1 cm³/mol. The summed E-state index contributed by atoms with van der Waals surface area (Å²) >= 11 is 11.5. The zero-order valence-electron chi connectivity index (χ0n) is 12.3. The highest BCUT2D eigenvalue weighted by Crippen LogP contribution is 2.24. The van der Waals surface area contributed by atoms with Crippen LogP contribution in [-0.2, 0) is 13.6 Å². The van der Waals surface area contributed by atoms with Crippen molar-refractivity contribution in [2.24, 2.45) is 7.05 Å². The number of halogens is 3. The van der Waals surface area contributed by atoms with E-state index < -0.39 is 11.7 Å². The highest BCUT2D eigenvalue weighted by atomic mass is 35.5. The summed E-state index contributed by atoms with van der Waals surface area (Å²) < 4.78 is 15.3. The van der Waals surface area contributed by atoms with Crippen LogP contribution in [0.2, 0.25) is 10.0 Å². The normalized spacial score (nSPS) is 10.6. The molecule has 0 aliphatic rings. The Morgan fingerprint density at radius 1 is 1.36 bits per heavy atom. The van der Waals surface area contributed by atoms with Crippen molar-refractivity contribution in [1.29, 1.82) is 0 Å². The van der Waals surface area contributed by atoms with E-state index in [1.165, 1.54) is 6.07 Å². The molecule has 8 heteroatoms. The van der Waals surface area contributed by atoms with E-state index in [1.807, 2.05) is 30.6 Å². The molecule has 1 aromatic carbocycles. The smallest absolute Gasteiger partial charge is 0.253 e. The third-order valence-electron chi connectivity index (χ3n) is 3.14. The minimum absolute atomic E-state index is 0.0403. The molecule has 0 saturated heterocycles. The minimum Gasteiger partial charge on any atom is -0.348 e. The van der Waals surface area contributed by atoms with Gasteiger partial charge in [-0.2, -0.15) is 0 Å². The lowest BCUT2D eigenvalue weighted by atomic mass is 10.2. The van der Waals surface area contributed by atoms with E-state index in [1.54, 1.807) is 6.20 Å². The van der Waals surface area contributed by atoms with Gasteiger partial charge in [-0.3, -0.25) is 4.79 Å². The molecule has 0 fully saturated rings. The lowest BCUT2D eigenvalue weighted by Crippen LogP contribution is -2.25. The lowest BCUT2D eigenvalue weighted by Gasteiger charge is -2.13. The monoisotopic (exact) mass is 344 g/mol. The van der Waals surface area contributed by atoms with Crippen LogP contribution in [-0.4, -0.2) is 29.6 Å². The first-order valence-corrected chi connectivity index (χ1v) is 7.17. The second-order valence-corrected chi connectivity index (χ2v) is 5.75. The Kier molecular flexibility index (Phi) is 4.93. The van der Waals surface area contributed by atoms with Crippen LogP contribution in [0, 0.1) is 5.82 Å². The molecule has 0 radical (unpaired) electrons. The molecule has 0 aliphatic carbocycles. The number of nitrogens with one attached hydrogen (secondary N) is 1. The molecule has 0 atom stereocenters. The van der Waals surface area contributed by atoms with Crippen LogP contribution in [0.5, 0.6) is 0 Å². The first kappa shape index (κ1) is 16.6. The maximum Gasteiger partial charge on any atom is 0.253 e. The van der Waals surface area contributed by atoms with Crippen molar-refractivity contribution in [2.75, 3.05) is 19.0 Å². The van der Waals surface area contributed by atoms with Gasteiger partial charge in [-0.05, 0) is 12.1 Å². The van der Waals surface area contributed by atoms with Gasteiger partial charge in [-0.15, -0.1) is 0 Å². The summed E-state index contributed by atoms with van der Waals surface area (Å²) in [4.78, 5) is 18.2. The number of nitrogens with zero attached hydrogens (tertiary/aromatic N) is 3. The Morgan fingerprint density at radius 2 is 2.05 bits per heavy atom. The van der Waals surface area contributed by atoms with Gasteiger partial charge in [0.1, 0.15) is 5.82 Å². The molecule has 0 aliphatic heterocycles. The van der Waals surface area contributed by atoms with Crippen LogP contribution < -0.4 is 10.2 Å². The maximum atomic E-state index is 13.4. The number of hydrogen-bond donors (Lipinski definition) is 1. The Balaban J connectivity index is 2.12. The van der Waals surface area contributed by atoms with E-state index >= 15 is 0 Å². The number of imidazole rings is 1. The van der Waals surface area contributed by atoms with Gasteiger partial charge in [-0.1, -0.05) is 23.2 Å². The molecule has 5 nitrogen and oxygen atoms in total. The van der Waals surface area contributed by atoms with Gasteiger partial charge >= 0.3 is 0 Å². The molecule has 118 valence electrons. The standard InChI is InChI=1S/C14H15Cl2FN4O/c1-20(2)14-19-7-8(21(14)3)6-18-13(22)9-4-12(17)11(16)5-10(9)15/h4-5,7H,6H2,1-3H3,(H,18,22). The molecule has 1 N–H and O–H groups in total. The number of amides is 1. The van der Waals surface area contributed by atoms with E-state index in [2.05, 4.69) is 10.3 Å². The summed E-state index contributed by atoms with van der Waals surface area (Å²) in [6, 6.07) is 2.23. The molecule has 2 rings (SSSR count). The molecule has 1 aromatic heterocycles. The van der Waals surface area contributed by atoms with Gasteiger partial charge in [0.25, 0.3) is 5.91 Å². The van der Waals surface area contributed by atoms with Crippen molar-refractivity contribution in [2.45, 2.75) is 6.54 Å². The van der Waals surface area contributed by atoms with Crippen molar-refractivity contribution in [3.05, 3.63) is 45.4 Å². The lowest BCUT2D eigenvalue weighted by molar-refractivity contribution is 0.0950. The van der Waals surface area contributed by atoms with E-state index in [9.17, 15) is 9.18 Å². The van der Waals surface area contributed by atoms with Crippen LogP contribution in [0.3, 0.4) is 0 Å². The number of benzene rings is 1. The molecular weight excluding hydrogens is 330 g/mol. The fraction of sp³-hybridized carbons (Fsp3) is 0.286. The first-order valence-electron chi connectivity index (χ1n) is 6.42. The van der Waals surface area contributed by atoms with E-state index in [0.717, 1.165) is 17.7 Å². The van der Waals surface area contributed by atoms with Crippen molar-refractivity contribution in [3.8, 4) is 0 Å². The van der Waals surface area contributed by atoms with Gasteiger partial charge in [0, 0.05) is 21.1 Å². The number of carbonyl (C=O) groups is 1. The predicted octanol–water partition coefficient (Wildman–Crippen LogP) is 2.86. The topological polar surface area (TPSA) is 50.2 Å². The second kappa shape index (κ2) is 6.54. The quantitative estimate of drug-likeness (QED) is 0.867. The van der Waals surface area contributed by atoms with Crippen LogP contribution in [0.1, 0.15) is 16.1 Å². The van der Waals surface area contributed by atoms with Crippen LogP contribution >= 0.6 is 23.2 Å². The number of aromatic nitrogens is 2. The summed E-state index contributed by atoms with van der Waals surface area (Å²) in [7, 11) is 5.60. The summed E-state index contributed by atoms with van der Waals surface area (Å²) in [6.45, 7) is 0.247. The number of carbonyl (C=O) groups excluding carboxylic acids is 1. The average molecular weight is 345 g/mol. The van der Waals surface area contributed by atoms with Gasteiger partial charge in [0.2, 0.25) is 5.95 Å². The van der Waals surface area contributed by atoms with Crippen LogP contribution in [0.4, 0.5) is 10.3 Å². The average Bonchev–Trinajstić information content (AvgIpc) is 2.81. The largest absolute Gasteiger partial charge is 0.348 e. The molecule has 0 unspecified atom stereocenters. The van der Waals surface area contributed by atoms with E-state index in [0.29, 0.717) is 0 Å². The Hall–Kier alpha value is -1.79. The molecule has 1 amide bonds. The van der Waals surface area contributed by atoms with Crippen molar-refractivity contribution in [1.82, 2.24) is 14.9 Å². The molecule has 0 spiro atoms. The molecule has 0 bridgehead atoms. The summed E-state index contributed by atoms with van der Waals surface area (Å²) in [6.07, 6.45) is 1.67. The fourth-order valence-corrected chi connectivity index (χ4v) is 2.45. The number of rotatable bonds is 4. The highest BCUT2D eigenvalue weighted by Gasteiger charge is 2.15. The fourth-order valence-electron chi connectivity index (χ4n) is 1.98. The third kappa shape index (κ3) is 3.34. The van der Waals surface area contributed by atoms with Gasteiger partial charge < -0.3 is 14.8 Å². The van der Waals surface area contributed by atoms with Crippen LogP contribution in [0.15, 0.2) is 18.3 Å². The molecule has 1 heterocycles. The number of hydrogen-bond acceptors (Lipinski definition) is 3. The van der Waals surface area contributed by atoms with E-state index in [4.69, 9.17) is 23.2 Å². The summed E-state index contributed by atoms with van der Waals surface area (Å²) in [5.41, 5.74) is 0.848. The molecule has 22 heavy (non-hydrogen) atoms. The molecule has 2 aromatic rings. The number of anilines is 1. The second-order valence-electron chi connectivity index (χ2n) is 4.93. The molecule has 0 saturated carbocycles. The minimum atomic E-state index is -0.688. The maximum absolute atomic E-state index is 13.4.